The van der Waals surface area contributed by atoms with Gasteiger partial charge in [-0.3, -0.25) is 9.78 Å². The number of amides is 1. The van der Waals surface area contributed by atoms with Gasteiger partial charge in [-0.05, 0) is 90.9 Å². The number of thiophene rings is 1. The van der Waals surface area contributed by atoms with Gasteiger partial charge in [-0.2, -0.15) is 13.2 Å². The number of rotatable bonds is 8. The van der Waals surface area contributed by atoms with Gasteiger partial charge in [-0.1, -0.05) is 24.3 Å². The van der Waals surface area contributed by atoms with Crippen LogP contribution in [0.4, 0.5) is 23.4 Å². The Morgan fingerprint density at radius 2 is 1.87 bits per heavy atom. The zero-order chi connectivity index (χ0) is 36.6. The lowest BCUT2D eigenvalue weighted by Crippen LogP contribution is -2.22. The number of aromatic nitrogens is 4. The topological polar surface area (TPSA) is 126 Å². The number of nitrogens with one attached hydrogen (secondary N) is 2. The van der Waals surface area contributed by atoms with E-state index in [1.807, 2.05) is 18.2 Å². The smallest absolute Gasteiger partial charge is 0.434 e. The largest absolute Gasteiger partial charge is 0.496 e. The van der Waals surface area contributed by atoms with Gasteiger partial charge in [0.25, 0.3) is 11.8 Å². The number of hydrogen-bond acceptors (Lipinski definition) is 9. The van der Waals surface area contributed by atoms with Crippen LogP contribution in [-0.2, 0) is 25.4 Å². The molecule has 6 aromatic rings. The molecule has 1 aliphatic carbocycles. The van der Waals surface area contributed by atoms with Crippen LogP contribution in [0.2, 0.25) is 0 Å². The summed E-state index contributed by atoms with van der Waals surface area (Å²) < 4.78 is 68.4. The highest BCUT2D eigenvalue weighted by molar-refractivity contribution is 7.23. The number of alkyl halides is 3. The van der Waals surface area contributed by atoms with E-state index < -0.39 is 17.6 Å². The highest BCUT2D eigenvalue weighted by Gasteiger charge is 2.45. The molecule has 0 saturated carbocycles. The van der Waals surface area contributed by atoms with Gasteiger partial charge in [0, 0.05) is 17.0 Å². The molecule has 2 N–H and O–H groups in total. The van der Waals surface area contributed by atoms with Crippen LogP contribution >= 0.6 is 11.3 Å². The molecular formula is C38H30F4N6O4S. The van der Waals surface area contributed by atoms with Gasteiger partial charge in [-0.15, -0.1) is 16.4 Å². The van der Waals surface area contributed by atoms with Crippen molar-refractivity contribution >= 4 is 33.1 Å². The lowest BCUT2D eigenvalue weighted by molar-refractivity contribution is -0.141. The van der Waals surface area contributed by atoms with E-state index in [-0.39, 0.29) is 40.9 Å². The highest BCUT2D eigenvalue weighted by atomic mass is 32.1. The average molecular weight is 743 g/mol. The summed E-state index contributed by atoms with van der Waals surface area (Å²) in [6.07, 6.45) is -1.20. The first-order valence-electron chi connectivity index (χ1n) is 17.2. The molecule has 10 nitrogen and oxygen atoms in total. The average Bonchev–Trinajstić information content (AvgIpc) is 3.98. The number of pyridine rings is 2. The normalized spacial score (nSPS) is 17.8. The molecular weight excluding hydrogens is 713 g/mol. The number of benzene rings is 2. The number of aromatic amines is 1. The van der Waals surface area contributed by atoms with Crippen LogP contribution in [0.1, 0.15) is 75.5 Å². The summed E-state index contributed by atoms with van der Waals surface area (Å²) >= 11 is 1.19. The molecule has 3 aliphatic rings. The number of fused-ring (bicyclic) bond motifs is 5. The summed E-state index contributed by atoms with van der Waals surface area (Å²) in [5.41, 5.74) is 3.73. The Balaban J connectivity index is 1.25. The Labute approximate surface area is 302 Å². The van der Waals surface area contributed by atoms with Crippen molar-refractivity contribution in [2.45, 2.75) is 56.8 Å². The van der Waals surface area contributed by atoms with Crippen molar-refractivity contribution < 1.29 is 31.5 Å². The van der Waals surface area contributed by atoms with Crippen LogP contribution in [0.5, 0.6) is 5.75 Å². The van der Waals surface area contributed by atoms with Crippen molar-refractivity contribution in [1.29, 1.82) is 0 Å². The van der Waals surface area contributed by atoms with E-state index in [9.17, 15) is 27.2 Å². The van der Waals surface area contributed by atoms with Gasteiger partial charge in [0.2, 0.25) is 0 Å². The van der Waals surface area contributed by atoms with E-state index in [4.69, 9.17) is 14.1 Å². The SMILES string of the molecule is COc1cccc2c1CC[C@@H]2Nc1nc(C(F)(F)F)cc2cc(-c3c4c(nc(CCc5ccc(F)cc5)c3-c3n[nH]c(=O)o3)[C@@H]3CCCN3C4=O)sc12. The minimum Gasteiger partial charge on any atom is -0.496 e. The first kappa shape index (κ1) is 33.3. The Morgan fingerprint density at radius 1 is 1.04 bits per heavy atom. The van der Waals surface area contributed by atoms with Gasteiger partial charge < -0.3 is 19.4 Å². The fourth-order valence-corrected chi connectivity index (χ4v) is 9.15. The van der Waals surface area contributed by atoms with E-state index in [0.717, 1.165) is 34.9 Å². The van der Waals surface area contributed by atoms with E-state index >= 15 is 0 Å². The van der Waals surface area contributed by atoms with Crippen LogP contribution in [0, 0.1) is 5.82 Å². The lowest BCUT2D eigenvalue weighted by atomic mass is 9.93. The first-order valence-corrected chi connectivity index (χ1v) is 18.0. The fraction of sp³-hybridized carbons (Fsp3) is 0.289. The second-order valence-corrected chi connectivity index (χ2v) is 14.5. The van der Waals surface area contributed by atoms with Crippen molar-refractivity contribution in [3.05, 3.63) is 110 Å². The van der Waals surface area contributed by atoms with E-state index in [1.165, 1.54) is 23.5 Å². The van der Waals surface area contributed by atoms with Crippen molar-refractivity contribution in [2.75, 3.05) is 19.0 Å². The standard InChI is InChI=1S/C38H30F4N6O4S/c1-51-26-6-2-4-21-22(26)12-14-23(21)44-34-33-19(17-28(45-34)38(40,41)42)16-27(53-33)30-29(35-46-47-37(50)52-35)24(13-9-18-7-10-20(39)11-8-18)43-32-25-5-3-15-48(25)36(49)31(30)32/h2,4,6-8,10-11,16-17,23,25H,3,5,9,12-15H2,1H3,(H,44,45)(H,47,50)/t23-,25-/m0/s1. The van der Waals surface area contributed by atoms with Crippen molar-refractivity contribution in [1.82, 2.24) is 25.1 Å². The number of halogens is 4. The third-order valence-corrected chi connectivity index (χ3v) is 11.5. The van der Waals surface area contributed by atoms with Crippen LogP contribution < -0.4 is 15.8 Å². The molecule has 4 aromatic heterocycles. The summed E-state index contributed by atoms with van der Waals surface area (Å²) in [5.74, 6) is -0.765. The molecule has 0 radical (unpaired) electrons. The van der Waals surface area contributed by atoms with Crippen LogP contribution in [0.3, 0.4) is 0 Å². The maximum Gasteiger partial charge on any atom is 0.434 e. The molecule has 1 fully saturated rings. The van der Waals surface area contributed by atoms with Gasteiger partial charge in [0.05, 0.1) is 46.4 Å². The lowest BCUT2D eigenvalue weighted by Gasteiger charge is -2.17. The second kappa shape index (κ2) is 12.5. The summed E-state index contributed by atoms with van der Waals surface area (Å²) in [7, 11) is 1.59. The van der Waals surface area contributed by atoms with Crippen molar-refractivity contribution in [2.24, 2.45) is 0 Å². The van der Waals surface area contributed by atoms with Gasteiger partial charge >= 0.3 is 11.9 Å². The molecule has 9 rings (SSSR count). The molecule has 2 atom stereocenters. The van der Waals surface area contributed by atoms with Crippen molar-refractivity contribution in [3.8, 4) is 27.6 Å². The summed E-state index contributed by atoms with van der Waals surface area (Å²) in [6, 6.07) is 13.8. The van der Waals surface area contributed by atoms with E-state index in [0.29, 0.717) is 76.3 Å². The molecule has 0 unspecified atom stereocenters. The molecule has 15 heteroatoms. The molecule has 2 aliphatic heterocycles. The molecule has 2 aromatic carbocycles. The molecule has 0 bridgehead atoms. The minimum absolute atomic E-state index is 0.0637. The Kier molecular flexibility index (Phi) is 7.87. The predicted octanol–water partition coefficient (Wildman–Crippen LogP) is 8.04. The quantitative estimate of drug-likeness (QED) is 0.150. The zero-order valence-corrected chi connectivity index (χ0v) is 29.0. The highest BCUT2D eigenvalue weighted by Crippen LogP contribution is 2.51. The van der Waals surface area contributed by atoms with Gasteiger partial charge in [-0.25, -0.2) is 19.3 Å². The first-order chi connectivity index (χ1) is 25.6. The number of H-pyrrole nitrogens is 1. The number of anilines is 1. The summed E-state index contributed by atoms with van der Waals surface area (Å²) in [5, 5.41) is 10.0. The number of carbonyl (C=O) groups is 1. The number of methoxy groups -OCH3 is 1. The Morgan fingerprint density at radius 3 is 2.62 bits per heavy atom. The van der Waals surface area contributed by atoms with Crippen LogP contribution in [-0.4, -0.2) is 44.6 Å². The van der Waals surface area contributed by atoms with Gasteiger partial charge in [0.1, 0.15) is 23.1 Å². The summed E-state index contributed by atoms with van der Waals surface area (Å²) in [4.78, 5) is 37.9. The number of carbonyl (C=O) groups excluding carboxylic acids is 1. The molecule has 6 heterocycles. The second-order valence-electron chi connectivity index (χ2n) is 13.4. The van der Waals surface area contributed by atoms with Crippen LogP contribution in [0.15, 0.2) is 63.8 Å². The van der Waals surface area contributed by atoms with Crippen LogP contribution in [0.25, 0.3) is 32.0 Å². The zero-order valence-electron chi connectivity index (χ0n) is 28.1. The number of ether oxygens (including phenoxy) is 1. The Hall–Kier alpha value is -5.57. The maximum absolute atomic E-state index is 14.4. The molecule has 270 valence electrons. The van der Waals surface area contributed by atoms with Crippen molar-refractivity contribution in [3.63, 3.8) is 0 Å². The fourth-order valence-electron chi connectivity index (χ4n) is 8.00. The van der Waals surface area contributed by atoms with Gasteiger partial charge in [0.15, 0.2) is 0 Å². The van der Waals surface area contributed by atoms with E-state index in [2.05, 4.69) is 20.5 Å². The number of aryl methyl sites for hydroxylation is 2. The maximum atomic E-state index is 14.4. The third kappa shape index (κ3) is 5.64. The molecule has 1 amide bonds. The molecule has 0 spiro atoms. The number of hydrogen-bond donors (Lipinski definition) is 2. The minimum atomic E-state index is -4.74. The number of nitrogens with zero attached hydrogens (tertiary/aromatic N) is 4. The monoisotopic (exact) mass is 742 g/mol. The van der Waals surface area contributed by atoms with E-state index in [1.54, 1.807) is 30.2 Å². The summed E-state index contributed by atoms with van der Waals surface area (Å²) in [6.45, 7) is 0.532. The molecule has 53 heavy (non-hydrogen) atoms. The molecule has 1 saturated heterocycles. The Bertz CT molecular complexity index is 2490. The predicted molar refractivity (Wildman–Crippen MR) is 188 cm³/mol. The third-order valence-electron chi connectivity index (χ3n) is 10.4.